The highest BCUT2D eigenvalue weighted by molar-refractivity contribution is 5.95. The number of aryl methyl sites for hydroxylation is 1. The van der Waals surface area contributed by atoms with Crippen molar-refractivity contribution in [3.63, 3.8) is 0 Å². The summed E-state index contributed by atoms with van der Waals surface area (Å²) in [6, 6.07) is -0.986. The fourth-order valence-electron chi connectivity index (χ4n) is 2.82. The fraction of sp³-hybridized carbons (Fsp3) is 0.556. The van der Waals surface area contributed by atoms with Gasteiger partial charge in [-0.05, 0) is 20.3 Å². The molecule has 1 aliphatic rings. The van der Waals surface area contributed by atoms with Crippen LogP contribution in [0, 0.1) is 6.92 Å². The maximum Gasteiger partial charge on any atom is 0.344 e. The molecule has 0 aromatic carbocycles. The molecule has 148 valence electrons. The minimum atomic E-state index is -0.631. The number of carbonyl (C=O) groups is 3. The van der Waals surface area contributed by atoms with Gasteiger partial charge in [-0.2, -0.15) is 0 Å². The lowest BCUT2D eigenvalue weighted by atomic mass is 10.0. The van der Waals surface area contributed by atoms with E-state index in [-0.39, 0.29) is 36.0 Å². The minimum absolute atomic E-state index is 0.0499. The number of nitrogens with zero attached hydrogens (tertiary/aromatic N) is 1. The maximum absolute atomic E-state index is 12.5. The molecule has 1 aromatic heterocycles. The zero-order valence-corrected chi connectivity index (χ0v) is 16.2. The van der Waals surface area contributed by atoms with Crippen LogP contribution in [-0.2, 0) is 14.3 Å². The van der Waals surface area contributed by atoms with E-state index in [1.807, 2.05) is 20.8 Å². The highest BCUT2D eigenvalue weighted by atomic mass is 16.5. The highest BCUT2D eigenvalue weighted by Gasteiger charge is 2.32. The Labute approximate surface area is 157 Å². The minimum Gasteiger partial charge on any atom is -0.463 e. The molecule has 27 heavy (non-hydrogen) atoms. The first-order valence-corrected chi connectivity index (χ1v) is 8.91. The maximum atomic E-state index is 12.5. The SMILES string of the molecule is CCOC(=O)C1=C(COC(=O)c2c(C)noc2C(C)C)NC(=O)N[C@H]1CC. The van der Waals surface area contributed by atoms with Crippen molar-refractivity contribution in [2.45, 2.75) is 53.0 Å². The van der Waals surface area contributed by atoms with Gasteiger partial charge in [-0.3, -0.25) is 0 Å². The van der Waals surface area contributed by atoms with Crippen LogP contribution in [0.5, 0.6) is 0 Å². The molecule has 1 atom stereocenters. The largest absolute Gasteiger partial charge is 0.463 e. The molecular weight excluding hydrogens is 354 g/mol. The molecule has 0 bridgehead atoms. The highest BCUT2D eigenvalue weighted by Crippen LogP contribution is 2.24. The van der Waals surface area contributed by atoms with E-state index in [2.05, 4.69) is 15.8 Å². The first kappa shape index (κ1) is 20.5. The van der Waals surface area contributed by atoms with E-state index >= 15 is 0 Å². The monoisotopic (exact) mass is 379 g/mol. The van der Waals surface area contributed by atoms with Gasteiger partial charge in [0.25, 0.3) is 0 Å². The van der Waals surface area contributed by atoms with Gasteiger partial charge in [-0.25, -0.2) is 14.4 Å². The Morgan fingerprint density at radius 1 is 1.22 bits per heavy atom. The predicted molar refractivity (Wildman–Crippen MR) is 95.0 cm³/mol. The summed E-state index contributed by atoms with van der Waals surface area (Å²) in [4.78, 5) is 36.7. The van der Waals surface area contributed by atoms with Gasteiger partial charge in [0.1, 0.15) is 12.2 Å². The number of amides is 2. The lowest BCUT2D eigenvalue weighted by Gasteiger charge is -2.28. The number of carbonyl (C=O) groups excluding carboxylic acids is 3. The van der Waals surface area contributed by atoms with Gasteiger partial charge in [0.05, 0.1) is 29.6 Å². The summed E-state index contributed by atoms with van der Waals surface area (Å²) in [5.74, 6) is -0.815. The number of rotatable bonds is 7. The van der Waals surface area contributed by atoms with E-state index in [0.717, 1.165) is 0 Å². The summed E-state index contributed by atoms with van der Waals surface area (Å²) < 4.78 is 15.6. The molecule has 1 aliphatic heterocycles. The number of urea groups is 1. The van der Waals surface area contributed by atoms with E-state index in [1.54, 1.807) is 13.8 Å². The second kappa shape index (κ2) is 8.70. The lowest BCUT2D eigenvalue weighted by molar-refractivity contribution is -0.139. The van der Waals surface area contributed by atoms with E-state index in [9.17, 15) is 14.4 Å². The average molecular weight is 379 g/mol. The summed E-state index contributed by atoms with van der Waals surface area (Å²) >= 11 is 0. The second-order valence-electron chi connectivity index (χ2n) is 6.41. The molecular formula is C18H25N3O6. The van der Waals surface area contributed by atoms with E-state index in [0.29, 0.717) is 17.9 Å². The molecule has 0 radical (unpaired) electrons. The van der Waals surface area contributed by atoms with Gasteiger partial charge in [0, 0.05) is 5.92 Å². The molecule has 2 amide bonds. The van der Waals surface area contributed by atoms with Gasteiger partial charge in [0.15, 0.2) is 5.76 Å². The van der Waals surface area contributed by atoms with Gasteiger partial charge in [-0.1, -0.05) is 25.9 Å². The van der Waals surface area contributed by atoms with Crippen LogP contribution < -0.4 is 10.6 Å². The van der Waals surface area contributed by atoms with Crippen LogP contribution in [0.25, 0.3) is 0 Å². The molecule has 2 N–H and O–H groups in total. The molecule has 0 unspecified atom stereocenters. The third kappa shape index (κ3) is 4.47. The molecule has 0 aliphatic carbocycles. The number of ether oxygens (including phenoxy) is 2. The number of esters is 2. The van der Waals surface area contributed by atoms with Crippen LogP contribution in [0.2, 0.25) is 0 Å². The van der Waals surface area contributed by atoms with Crippen LogP contribution in [0.1, 0.15) is 61.8 Å². The molecule has 0 saturated carbocycles. The smallest absolute Gasteiger partial charge is 0.344 e. The van der Waals surface area contributed by atoms with Gasteiger partial charge in [0.2, 0.25) is 0 Å². The molecule has 9 nitrogen and oxygen atoms in total. The molecule has 0 spiro atoms. The van der Waals surface area contributed by atoms with Crippen molar-refractivity contribution in [2.75, 3.05) is 13.2 Å². The first-order chi connectivity index (χ1) is 12.8. The molecule has 0 fully saturated rings. The van der Waals surface area contributed by atoms with Crippen molar-refractivity contribution >= 4 is 18.0 Å². The third-order valence-corrected chi connectivity index (χ3v) is 4.11. The standard InChI is InChI=1S/C18H25N3O6/c1-6-11-14(17(23)25-7-2)12(20-18(24)19-11)8-26-16(22)13-10(5)21-27-15(13)9(3)4/h9,11H,6-8H2,1-5H3,(H2,19,20,24)/t11-/m0/s1. The lowest BCUT2D eigenvalue weighted by Crippen LogP contribution is -2.51. The molecule has 9 heteroatoms. The zero-order chi connectivity index (χ0) is 20.1. The van der Waals surface area contributed by atoms with Crippen LogP contribution in [0.15, 0.2) is 15.8 Å². The van der Waals surface area contributed by atoms with Crippen molar-refractivity contribution in [3.8, 4) is 0 Å². The fourth-order valence-corrected chi connectivity index (χ4v) is 2.82. The van der Waals surface area contributed by atoms with E-state index in [4.69, 9.17) is 14.0 Å². The van der Waals surface area contributed by atoms with Crippen LogP contribution >= 0.6 is 0 Å². The van der Waals surface area contributed by atoms with Gasteiger partial charge in [-0.15, -0.1) is 0 Å². The van der Waals surface area contributed by atoms with Crippen molar-refractivity contribution in [1.29, 1.82) is 0 Å². The van der Waals surface area contributed by atoms with Crippen molar-refractivity contribution in [3.05, 3.63) is 28.3 Å². The normalized spacial score (nSPS) is 16.8. The first-order valence-electron chi connectivity index (χ1n) is 8.91. The topological polar surface area (TPSA) is 120 Å². The summed E-state index contributed by atoms with van der Waals surface area (Å²) in [6.45, 7) is 8.82. The number of aromatic nitrogens is 1. The Morgan fingerprint density at radius 2 is 1.93 bits per heavy atom. The van der Waals surface area contributed by atoms with Crippen LogP contribution in [-0.4, -0.2) is 42.4 Å². The van der Waals surface area contributed by atoms with E-state index < -0.39 is 24.0 Å². The van der Waals surface area contributed by atoms with Crippen molar-refractivity contribution < 1.29 is 28.4 Å². The van der Waals surface area contributed by atoms with Crippen LogP contribution in [0.4, 0.5) is 4.79 Å². The summed E-state index contributed by atoms with van der Waals surface area (Å²) in [5.41, 5.74) is 1.13. The molecule has 2 rings (SSSR count). The zero-order valence-electron chi connectivity index (χ0n) is 16.2. The molecule has 2 heterocycles. The Bertz CT molecular complexity index is 765. The third-order valence-electron chi connectivity index (χ3n) is 4.11. The number of hydrogen-bond donors (Lipinski definition) is 2. The summed E-state index contributed by atoms with van der Waals surface area (Å²) in [5, 5.41) is 9.01. The molecule has 1 aromatic rings. The average Bonchev–Trinajstić information content (AvgIpc) is 3.01. The summed E-state index contributed by atoms with van der Waals surface area (Å²) in [7, 11) is 0. The quantitative estimate of drug-likeness (QED) is 0.697. The Morgan fingerprint density at radius 3 is 2.52 bits per heavy atom. The summed E-state index contributed by atoms with van der Waals surface area (Å²) in [6.07, 6.45) is 0.487. The number of hydrogen-bond acceptors (Lipinski definition) is 7. The van der Waals surface area contributed by atoms with Gasteiger partial charge >= 0.3 is 18.0 Å². The van der Waals surface area contributed by atoms with Gasteiger partial charge < -0.3 is 24.6 Å². The Balaban J connectivity index is 2.27. The predicted octanol–water partition coefficient (Wildman–Crippen LogP) is 2.17. The molecule has 0 saturated heterocycles. The van der Waals surface area contributed by atoms with Crippen molar-refractivity contribution in [1.82, 2.24) is 15.8 Å². The van der Waals surface area contributed by atoms with Crippen molar-refractivity contribution in [2.24, 2.45) is 0 Å². The Kier molecular flexibility index (Phi) is 6.59. The van der Waals surface area contributed by atoms with Crippen LogP contribution in [0.3, 0.4) is 0 Å². The number of nitrogens with one attached hydrogen (secondary N) is 2. The Hall–Kier alpha value is -2.84. The second-order valence-corrected chi connectivity index (χ2v) is 6.41. The van der Waals surface area contributed by atoms with E-state index in [1.165, 1.54) is 0 Å².